The van der Waals surface area contributed by atoms with Crippen molar-refractivity contribution in [3.63, 3.8) is 0 Å². The van der Waals surface area contributed by atoms with Gasteiger partial charge in [-0.05, 0) is 31.2 Å². The van der Waals surface area contributed by atoms with Crippen LogP contribution in [0, 0.1) is 5.92 Å². The number of nitrogens with one attached hydrogen (secondary N) is 2. The number of rotatable bonds is 8. The number of amides is 2. The number of carbonyl (C=O) groups excluding carboxylic acids is 1. The molecule has 2 atom stereocenters. The quantitative estimate of drug-likeness (QED) is 0.719. The molecule has 0 bridgehead atoms. The van der Waals surface area contributed by atoms with Gasteiger partial charge in [0, 0.05) is 45.4 Å². The molecule has 2 amide bonds. The fraction of sp³-hybridized carbons (Fsp3) is 0.632. The summed E-state index contributed by atoms with van der Waals surface area (Å²) >= 11 is 0. The number of urea groups is 1. The predicted octanol–water partition coefficient (Wildman–Crippen LogP) is 2.62. The summed E-state index contributed by atoms with van der Waals surface area (Å²) in [5.74, 6) is 0.466. The van der Waals surface area contributed by atoms with Crippen molar-refractivity contribution >= 4 is 6.03 Å². The molecule has 1 aromatic rings. The molecule has 0 aliphatic carbocycles. The molecule has 2 rings (SSSR count). The maximum Gasteiger partial charge on any atom is 0.315 e. The van der Waals surface area contributed by atoms with Crippen LogP contribution in [0.3, 0.4) is 0 Å². The van der Waals surface area contributed by atoms with E-state index in [1.165, 1.54) is 0 Å². The zero-order valence-electron chi connectivity index (χ0n) is 15.0. The number of hydrogen-bond acceptors (Lipinski definition) is 3. The Kier molecular flexibility index (Phi) is 8.05. The second-order valence-electron chi connectivity index (χ2n) is 6.54. The normalized spacial score (nSPS) is 21.4. The lowest BCUT2D eigenvalue weighted by atomic mass is 9.94. The molecule has 2 unspecified atom stereocenters. The molecule has 0 aromatic heterocycles. The van der Waals surface area contributed by atoms with Crippen molar-refractivity contribution in [3.05, 3.63) is 35.9 Å². The van der Waals surface area contributed by atoms with Crippen molar-refractivity contribution in [1.29, 1.82) is 0 Å². The summed E-state index contributed by atoms with van der Waals surface area (Å²) in [5, 5.41) is 6.08. The van der Waals surface area contributed by atoms with Crippen molar-refractivity contribution in [1.82, 2.24) is 15.5 Å². The summed E-state index contributed by atoms with van der Waals surface area (Å²) in [6, 6.07) is 10.2. The Balaban J connectivity index is 1.65. The van der Waals surface area contributed by atoms with Crippen molar-refractivity contribution in [2.45, 2.75) is 39.3 Å². The molecule has 1 aliphatic rings. The zero-order chi connectivity index (χ0) is 17.2. The first-order valence-electron chi connectivity index (χ1n) is 9.07. The van der Waals surface area contributed by atoms with Gasteiger partial charge in [-0.15, -0.1) is 0 Å². The number of likely N-dealkylation sites (tertiary alicyclic amines) is 1. The van der Waals surface area contributed by atoms with E-state index in [9.17, 15) is 4.79 Å². The van der Waals surface area contributed by atoms with Gasteiger partial charge in [-0.3, -0.25) is 0 Å². The Bertz CT molecular complexity index is 481. The average molecular weight is 333 g/mol. The van der Waals surface area contributed by atoms with Gasteiger partial charge in [0.25, 0.3) is 0 Å². The van der Waals surface area contributed by atoms with E-state index in [0.29, 0.717) is 12.5 Å². The molecule has 5 nitrogen and oxygen atoms in total. The van der Waals surface area contributed by atoms with Gasteiger partial charge in [0.05, 0.1) is 0 Å². The first kappa shape index (κ1) is 18.7. The zero-order valence-corrected chi connectivity index (χ0v) is 15.0. The van der Waals surface area contributed by atoms with Crippen LogP contribution in [0.5, 0.6) is 0 Å². The Labute approximate surface area is 145 Å². The van der Waals surface area contributed by atoms with E-state index in [0.717, 1.165) is 51.3 Å². The molecule has 1 aromatic carbocycles. The predicted molar refractivity (Wildman–Crippen MR) is 96.9 cm³/mol. The molecule has 0 spiro atoms. The highest BCUT2D eigenvalue weighted by Gasteiger charge is 2.26. The molecule has 24 heavy (non-hydrogen) atoms. The summed E-state index contributed by atoms with van der Waals surface area (Å²) < 4.78 is 5.40. The third-order valence-electron chi connectivity index (χ3n) is 4.57. The van der Waals surface area contributed by atoms with Crippen LogP contribution in [0.2, 0.25) is 0 Å². The van der Waals surface area contributed by atoms with Gasteiger partial charge in [0.1, 0.15) is 0 Å². The minimum atomic E-state index is -0.0690. The lowest BCUT2D eigenvalue weighted by Gasteiger charge is -2.37. The first-order chi connectivity index (χ1) is 11.7. The highest BCUT2D eigenvalue weighted by Crippen LogP contribution is 2.17. The minimum absolute atomic E-state index is 0.0690. The summed E-state index contributed by atoms with van der Waals surface area (Å²) in [7, 11) is 0. The molecule has 1 saturated heterocycles. The Morgan fingerprint density at radius 1 is 1.33 bits per heavy atom. The van der Waals surface area contributed by atoms with E-state index in [1.807, 2.05) is 37.3 Å². The molecular weight excluding hydrogens is 302 g/mol. The largest absolute Gasteiger partial charge is 0.382 e. The van der Waals surface area contributed by atoms with Crippen LogP contribution < -0.4 is 10.6 Å². The lowest BCUT2D eigenvalue weighted by molar-refractivity contribution is 0.110. The molecular formula is C19H31N3O2. The van der Waals surface area contributed by atoms with Crippen LogP contribution in [0.15, 0.2) is 30.3 Å². The molecule has 1 aliphatic heterocycles. The fourth-order valence-electron chi connectivity index (χ4n) is 3.18. The van der Waals surface area contributed by atoms with Crippen LogP contribution in [0.25, 0.3) is 0 Å². The SMILES string of the molecule is CCOCCCN1CCC(NC(=O)NCc2ccccc2)C(C)C1. The summed E-state index contributed by atoms with van der Waals surface area (Å²) in [6.07, 6.45) is 2.09. The molecule has 0 saturated carbocycles. The van der Waals surface area contributed by atoms with Crippen LogP contribution in [-0.4, -0.2) is 49.8 Å². The van der Waals surface area contributed by atoms with Gasteiger partial charge in [-0.1, -0.05) is 37.3 Å². The second kappa shape index (κ2) is 10.3. The fourth-order valence-corrected chi connectivity index (χ4v) is 3.18. The maximum atomic E-state index is 12.1. The van der Waals surface area contributed by atoms with E-state index in [4.69, 9.17) is 4.74 Å². The highest BCUT2D eigenvalue weighted by atomic mass is 16.5. The van der Waals surface area contributed by atoms with Crippen molar-refractivity contribution in [2.75, 3.05) is 32.8 Å². The number of nitrogens with zero attached hydrogens (tertiary/aromatic N) is 1. The van der Waals surface area contributed by atoms with E-state index in [1.54, 1.807) is 0 Å². The number of benzene rings is 1. The van der Waals surface area contributed by atoms with Crippen LogP contribution >= 0.6 is 0 Å². The topological polar surface area (TPSA) is 53.6 Å². The smallest absolute Gasteiger partial charge is 0.315 e. The average Bonchev–Trinajstić information content (AvgIpc) is 2.60. The lowest BCUT2D eigenvalue weighted by Crippen LogP contribution is -2.52. The molecule has 134 valence electrons. The number of piperidine rings is 1. The monoisotopic (exact) mass is 333 g/mol. The number of hydrogen-bond donors (Lipinski definition) is 2. The van der Waals surface area contributed by atoms with Gasteiger partial charge in [0.15, 0.2) is 0 Å². The molecule has 2 N–H and O–H groups in total. The van der Waals surface area contributed by atoms with E-state index in [-0.39, 0.29) is 12.1 Å². The van der Waals surface area contributed by atoms with Crippen LogP contribution in [-0.2, 0) is 11.3 Å². The van der Waals surface area contributed by atoms with Gasteiger partial charge in [-0.2, -0.15) is 0 Å². The van der Waals surface area contributed by atoms with Crippen LogP contribution in [0.4, 0.5) is 4.79 Å². The highest BCUT2D eigenvalue weighted by molar-refractivity contribution is 5.74. The third kappa shape index (κ3) is 6.49. The van der Waals surface area contributed by atoms with E-state index < -0.39 is 0 Å². The summed E-state index contributed by atoms with van der Waals surface area (Å²) in [6.45, 7) is 9.61. The Morgan fingerprint density at radius 2 is 2.12 bits per heavy atom. The van der Waals surface area contributed by atoms with Gasteiger partial charge in [-0.25, -0.2) is 4.79 Å². The van der Waals surface area contributed by atoms with Crippen molar-refractivity contribution in [3.8, 4) is 0 Å². The van der Waals surface area contributed by atoms with Gasteiger partial charge >= 0.3 is 6.03 Å². The Morgan fingerprint density at radius 3 is 2.83 bits per heavy atom. The number of ether oxygens (including phenoxy) is 1. The van der Waals surface area contributed by atoms with Crippen LogP contribution in [0.1, 0.15) is 32.3 Å². The second-order valence-corrected chi connectivity index (χ2v) is 6.54. The Hall–Kier alpha value is -1.59. The van der Waals surface area contributed by atoms with E-state index in [2.05, 4.69) is 22.5 Å². The van der Waals surface area contributed by atoms with Gasteiger partial charge < -0.3 is 20.3 Å². The minimum Gasteiger partial charge on any atom is -0.382 e. The number of carbonyl (C=O) groups is 1. The third-order valence-corrected chi connectivity index (χ3v) is 4.57. The van der Waals surface area contributed by atoms with Crippen molar-refractivity contribution < 1.29 is 9.53 Å². The molecule has 0 radical (unpaired) electrons. The summed E-state index contributed by atoms with van der Waals surface area (Å²) in [4.78, 5) is 14.6. The molecule has 5 heteroatoms. The molecule has 1 fully saturated rings. The van der Waals surface area contributed by atoms with Crippen molar-refractivity contribution in [2.24, 2.45) is 5.92 Å². The molecule has 1 heterocycles. The van der Waals surface area contributed by atoms with Gasteiger partial charge in [0.2, 0.25) is 0 Å². The first-order valence-corrected chi connectivity index (χ1v) is 9.07. The van der Waals surface area contributed by atoms with E-state index >= 15 is 0 Å². The summed E-state index contributed by atoms with van der Waals surface area (Å²) in [5.41, 5.74) is 1.12. The standard InChI is InChI=1S/C19H31N3O2/c1-3-24-13-7-11-22-12-10-18(16(2)15-22)21-19(23)20-14-17-8-5-4-6-9-17/h4-6,8-9,16,18H,3,7,10-15H2,1-2H3,(H2,20,21,23). The maximum absolute atomic E-state index is 12.1.